The van der Waals surface area contributed by atoms with Gasteiger partial charge in [0.15, 0.2) is 12.1 Å². The Kier molecular flexibility index (Phi) is 17.9. The van der Waals surface area contributed by atoms with Crippen LogP contribution in [-0.4, -0.2) is 141 Å². The van der Waals surface area contributed by atoms with E-state index in [0.717, 1.165) is 30.5 Å². The zero-order chi connectivity index (χ0) is 46.1. The number of aliphatic carboxylic acids is 1. The lowest BCUT2D eigenvalue weighted by atomic mass is 9.78. The standard InChI is InChI=1S/C45H72N8O9/c1-12-28(3)45(9)39(53(43(58)62-45)20-14-13-19-52-26-35(49-50-52)33-16-15-17-34(47)23-33)32(7)48-25-27(2)24-44(8,59-11)40(30(5)37(54)31(6)41(56)57)61-42-38(55)36(22-29(4)60-42)51(10)21-18-46/h15-17,23,26-32,36,38-40,42,48,55H,12-14,19-22,24-25,47H2,1-11H3,(H,56,57)/t27-,28-,29?,30+,31-,32-,36?,38?,39-,40-,42+,44-,45-/m1/s1. The molecule has 0 radical (unpaired) electrons. The maximum Gasteiger partial charge on any atom is 0.410 e. The molecule has 0 bridgehead atoms. The number of cyclic esters (lactones) is 1. The number of carbonyl (C=O) groups is 3. The summed E-state index contributed by atoms with van der Waals surface area (Å²) in [6.45, 7) is 18.7. The Morgan fingerprint density at radius 2 is 1.90 bits per heavy atom. The molecular weight excluding hydrogens is 797 g/mol. The van der Waals surface area contributed by atoms with Gasteiger partial charge in [-0.2, -0.15) is 5.26 Å². The molecule has 2 aliphatic heterocycles. The Morgan fingerprint density at radius 1 is 1.21 bits per heavy atom. The van der Waals surface area contributed by atoms with Crippen LogP contribution in [0.15, 0.2) is 30.5 Å². The third-order valence-corrected chi connectivity index (χ3v) is 13.4. The normalized spacial score (nSPS) is 26.8. The fraction of sp³-hybridized carbons (Fsp3) is 0.733. The van der Waals surface area contributed by atoms with Crippen LogP contribution >= 0.6 is 0 Å². The molecule has 3 unspecified atom stereocenters. The Bertz CT molecular complexity index is 1840. The number of benzene rings is 1. The minimum absolute atomic E-state index is 0.0741. The molecule has 17 nitrogen and oxygen atoms in total. The third kappa shape index (κ3) is 11.9. The average molecular weight is 869 g/mol. The number of Topliss-reactive ketones (excluding diaryl/α,β-unsaturated/α-hetero) is 1. The summed E-state index contributed by atoms with van der Waals surface area (Å²) in [5.74, 6) is -4.07. The number of aliphatic hydroxyl groups excluding tert-OH is 1. The quantitative estimate of drug-likeness (QED) is 0.0473. The largest absolute Gasteiger partial charge is 0.481 e. The topological polar surface area (TPSA) is 228 Å². The average Bonchev–Trinajstić information content (AvgIpc) is 3.81. The number of nitrogens with one attached hydrogen (secondary N) is 1. The zero-order valence-corrected chi connectivity index (χ0v) is 38.6. The van der Waals surface area contributed by atoms with Crippen LogP contribution in [0.3, 0.4) is 0 Å². The van der Waals surface area contributed by atoms with Crippen molar-refractivity contribution in [1.29, 1.82) is 5.26 Å². The minimum atomic E-state index is -1.31. The molecule has 17 heteroatoms. The van der Waals surface area contributed by atoms with Crippen molar-refractivity contribution in [2.24, 2.45) is 23.7 Å². The van der Waals surface area contributed by atoms with E-state index < -0.39 is 59.3 Å². The van der Waals surface area contributed by atoms with Crippen LogP contribution in [0.5, 0.6) is 0 Å². The number of unbranched alkanes of at least 4 members (excludes halogenated alkanes) is 1. The van der Waals surface area contributed by atoms with Crippen LogP contribution < -0.4 is 11.1 Å². The minimum Gasteiger partial charge on any atom is -0.481 e. The maximum absolute atomic E-state index is 13.7. The second kappa shape index (κ2) is 21.9. The van der Waals surface area contributed by atoms with Gasteiger partial charge in [0.1, 0.15) is 23.3 Å². The number of aryl methyl sites for hydroxylation is 1. The molecule has 2 saturated heterocycles. The van der Waals surface area contributed by atoms with Crippen molar-refractivity contribution < 1.29 is 43.5 Å². The number of nitriles is 1. The first-order chi connectivity index (χ1) is 29.2. The smallest absolute Gasteiger partial charge is 0.410 e. The lowest BCUT2D eigenvalue weighted by molar-refractivity contribution is -0.295. The number of ether oxygens (including phenoxy) is 4. The number of carboxylic acid groups (broad SMARTS) is 1. The van der Waals surface area contributed by atoms with E-state index in [1.165, 1.54) is 14.0 Å². The van der Waals surface area contributed by atoms with Crippen LogP contribution in [-0.2, 0) is 35.1 Å². The van der Waals surface area contributed by atoms with E-state index in [-0.39, 0.29) is 42.7 Å². The Hall–Kier alpha value is -4.18. The number of hydrogen-bond donors (Lipinski definition) is 4. The van der Waals surface area contributed by atoms with Gasteiger partial charge in [0.05, 0.1) is 42.7 Å². The highest BCUT2D eigenvalue weighted by Crippen LogP contribution is 2.40. The van der Waals surface area contributed by atoms with Gasteiger partial charge in [-0.3, -0.25) is 24.1 Å². The molecule has 2 aliphatic rings. The van der Waals surface area contributed by atoms with E-state index in [1.54, 1.807) is 23.6 Å². The van der Waals surface area contributed by atoms with Crippen molar-refractivity contribution in [3.63, 3.8) is 0 Å². The number of hydrogen-bond acceptors (Lipinski definition) is 14. The molecule has 1 amide bonds. The highest BCUT2D eigenvalue weighted by atomic mass is 16.7. The second-order valence-corrected chi connectivity index (χ2v) is 18.2. The first kappa shape index (κ1) is 50.5. The van der Waals surface area contributed by atoms with Gasteiger partial charge in [-0.25, -0.2) is 4.79 Å². The van der Waals surface area contributed by atoms with Gasteiger partial charge in [0.2, 0.25) is 0 Å². The highest BCUT2D eigenvalue weighted by molar-refractivity contribution is 5.99. The summed E-state index contributed by atoms with van der Waals surface area (Å²) in [5.41, 5.74) is 6.34. The highest BCUT2D eigenvalue weighted by Gasteiger charge is 2.55. The molecule has 62 heavy (non-hydrogen) atoms. The number of anilines is 1. The van der Waals surface area contributed by atoms with Crippen molar-refractivity contribution in [2.75, 3.05) is 39.5 Å². The molecule has 13 atom stereocenters. The third-order valence-electron chi connectivity index (χ3n) is 13.4. The van der Waals surface area contributed by atoms with Gasteiger partial charge >= 0.3 is 12.1 Å². The first-order valence-electron chi connectivity index (χ1n) is 22.1. The number of carboxylic acids is 1. The Labute approximate surface area is 367 Å². The van der Waals surface area contributed by atoms with E-state index in [4.69, 9.17) is 24.7 Å². The summed E-state index contributed by atoms with van der Waals surface area (Å²) in [6, 6.07) is 8.71. The summed E-state index contributed by atoms with van der Waals surface area (Å²) < 4.78 is 26.9. The number of nitrogens with zero attached hydrogens (tertiary/aromatic N) is 6. The Morgan fingerprint density at radius 3 is 2.53 bits per heavy atom. The summed E-state index contributed by atoms with van der Waals surface area (Å²) >= 11 is 0. The van der Waals surface area contributed by atoms with Gasteiger partial charge in [-0.1, -0.05) is 45.0 Å². The van der Waals surface area contributed by atoms with Crippen LogP contribution in [0.2, 0.25) is 0 Å². The fourth-order valence-electron chi connectivity index (χ4n) is 9.30. The Balaban J connectivity index is 1.48. The van der Waals surface area contributed by atoms with Crippen molar-refractivity contribution >= 4 is 23.5 Å². The molecule has 5 N–H and O–H groups in total. The monoisotopic (exact) mass is 869 g/mol. The van der Waals surface area contributed by atoms with Crippen molar-refractivity contribution in [3.8, 4) is 17.3 Å². The number of aromatic nitrogens is 3. The van der Waals surface area contributed by atoms with Crippen molar-refractivity contribution in [2.45, 2.75) is 155 Å². The number of nitrogens with two attached hydrogens (primary N) is 1. The summed E-state index contributed by atoms with van der Waals surface area (Å²) in [7, 11) is 3.27. The summed E-state index contributed by atoms with van der Waals surface area (Å²) in [4.78, 5) is 42.9. The number of nitrogen functional groups attached to an aromatic ring is 1. The van der Waals surface area contributed by atoms with E-state index in [2.05, 4.69) is 42.5 Å². The molecule has 3 heterocycles. The van der Waals surface area contributed by atoms with E-state index in [1.807, 2.05) is 63.1 Å². The number of methoxy groups -OCH3 is 1. The number of amides is 1. The van der Waals surface area contributed by atoms with E-state index >= 15 is 0 Å². The molecule has 346 valence electrons. The van der Waals surface area contributed by atoms with Crippen LogP contribution in [0.1, 0.15) is 94.4 Å². The summed E-state index contributed by atoms with van der Waals surface area (Å²) in [6.07, 6.45) is 0.970. The number of aliphatic hydroxyl groups is 1. The molecular formula is C45H72N8O9. The van der Waals surface area contributed by atoms with Gasteiger partial charge in [0.25, 0.3) is 0 Å². The molecule has 4 rings (SSSR count). The zero-order valence-electron chi connectivity index (χ0n) is 38.6. The summed E-state index contributed by atoms with van der Waals surface area (Å²) in [5, 5.41) is 42.9. The van der Waals surface area contributed by atoms with Gasteiger partial charge in [-0.05, 0) is 104 Å². The molecule has 1 aromatic carbocycles. The number of rotatable bonds is 24. The number of likely N-dealkylation sites (N-methyl/N-ethyl adjacent to an activating group) is 1. The van der Waals surface area contributed by atoms with Gasteiger partial charge < -0.3 is 40.2 Å². The lowest BCUT2D eigenvalue weighted by Gasteiger charge is -2.47. The van der Waals surface area contributed by atoms with Crippen LogP contribution in [0.25, 0.3) is 11.3 Å². The van der Waals surface area contributed by atoms with E-state index in [9.17, 15) is 29.9 Å². The van der Waals surface area contributed by atoms with E-state index in [0.29, 0.717) is 38.2 Å². The van der Waals surface area contributed by atoms with Crippen molar-refractivity contribution in [1.82, 2.24) is 30.1 Å². The second-order valence-electron chi connectivity index (χ2n) is 18.2. The molecule has 0 aliphatic carbocycles. The predicted molar refractivity (Wildman–Crippen MR) is 233 cm³/mol. The molecule has 2 aromatic rings. The SMILES string of the molecule is CC[C@@H](C)[C@@]1(C)OC(=O)N(CCCCn2cc(-c3cccc(N)c3)nn2)[C@@H]1[C@@H](C)NC[C@H](C)C[C@@](C)(OC)[C@H](O[C@@H]1OC(C)CC(N(C)CC#N)C1O)[C@@H](C)C(=O)[C@@H](C)C(=O)O. The fourth-order valence-corrected chi connectivity index (χ4v) is 9.30. The molecule has 1 aromatic heterocycles. The molecule has 0 spiro atoms. The molecule has 2 fully saturated rings. The predicted octanol–water partition coefficient (Wildman–Crippen LogP) is 4.97. The van der Waals surface area contributed by atoms with Crippen LogP contribution in [0.4, 0.5) is 10.5 Å². The maximum atomic E-state index is 13.7. The molecule has 0 saturated carbocycles. The first-order valence-corrected chi connectivity index (χ1v) is 22.1. The number of carbonyl (C=O) groups excluding carboxylic acids is 2. The van der Waals surface area contributed by atoms with Crippen molar-refractivity contribution in [3.05, 3.63) is 30.5 Å². The van der Waals surface area contributed by atoms with Crippen LogP contribution in [0, 0.1) is 35.0 Å². The van der Waals surface area contributed by atoms with Gasteiger partial charge in [-0.15, -0.1) is 5.10 Å². The van der Waals surface area contributed by atoms with Gasteiger partial charge in [0, 0.05) is 49.5 Å². The number of ketones is 1. The lowest BCUT2D eigenvalue weighted by Crippen LogP contribution is -2.60.